The summed E-state index contributed by atoms with van der Waals surface area (Å²) in [6.07, 6.45) is 0.110. The highest BCUT2D eigenvalue weighted by molar-refractivity contribution is 6.00. The molecule has 2 amide bonds. The molecule has 1 fully saturated rings. The topological polar surface area (TPSA) is 88.2 Å². The van der Waals surface area contributed by atoms with E-state index in [1.165, 1.54) is 4.90 Å². The second-order valence-corrected chi connectivity index (χ2v) is 5.68. The summed E-state index contributed by atoms with van der Waals surface area (Å²) in [6, 6.07) is 9.51. The van der Waals surface area contributed by atoms with Crippen LogP contribution in [0.15, 0.2) is 18.2 Å². The first kappa shape index (κ1) is 16.5. The average molecular weight is 310 g/mol. The fraction of sp³-hybridized carbons (Fsp3) is 0.412. The lowest BCUT2D eigenvalue weighted by atomic mass is 10.1. The van der Waals surface area contributed by atoms with Gasteiger partial charge in [-0.25, -0.2) is 0 Å². The molecule has 1 atom stereocenters. The van der Waals surface area contributed by atoms with Gasteiger partial charge in [-0.1, -0.05) is 6.07 Å². The third-order valence-corrected chi connectivity index (χ3v) is 4.11. The maximum atomic E-state index is 12.4. The number of nitrogens with zero attached hydrogens (tertiary/aromatic N) is 4. The molecule has 1 saturated heterocycles. The molecule has 1 aliphatic rings. The largest absolute Gasteiger partial charge is 0.316 e. The number of hydrogen-bond acceptors (Lipinski definition) is 4. The first-order valence-electron chi connectivity index (χ1n) is 7.38. The van der Waals surface area contributed by atoms with Crippen LogP contribution in [0, 0.1) is 42.4 Å². The number of hydrogen-bond donors (Lipinski definition) is 0. The van der Waals surface area contributed by atoms with Crippen LogP contribution in [-0.2, 0) is 9.59 Å². The minimum Gasteiger partial charge on any atom is -0.316 e. The van der Waals surface area contributed by atoms with E-state index in [1.807, 2.05) is 44.2 Å². The lowest BCUT2D eigenvalue weighted by Crippen LogP contribution is -2.38. The summed E-state index contributed by atoms with van der Waals surface area (Å²) < 4.78 is 0. The van der Waals surface area contributed by atoms with E-state index in [0.717, 1.165) is 16.8 Å². The number of carbonyl (C=O) groups excluding carboxylic acids is 2. The predicted molar refractivity (Wildman–Crippen MR) is 84.2 cm³/mol. The molecule has 0 unspecified atom stereocenters. The van der Waals surface area contributed by atoms with Crippen LogP contribution >= 0.6 is 0 Å². The van der Waals surface area contributed by atoms with Crippen molar-refractivity contribution < 1.29 is 9.59 Å². The zero-order valence-corrected chi connectivity index (χ0v) is 13.2. The van der Waals surface area contributed by atoms with Gasteiger partial charge in [0.05, 0.1) is 18.1 Å². The zero-order valence-electron chi connectivity index (χ0n) is 13.2. The van der Waals surface area contributed by atoms with E-state index in [1.54, 1.807) is 4.90 Å². The van der Waals surface area contributed by atoms with Gasteiger partial charge < -0.3 is 9.80 Å². The maximum absolute atomic E-state index is 12.4. The molecule has 6 heteroatoms. The van der Waals surface area contributed by atoms with Crippen LogP contribution in [0.3, 0.4) is 0 Å². The van der Waals surface area contributed by atoms with E-state index in [-0.39, 0.29) is 37.9 Å². The Bertz CT molecular complexity index is 698. The number of amides is 2. The van der Waals surface area contributed by atoms with Gasteiger partial charge in [-0.2, -0.15) is 10.5 Å². The van der Waals surface area contributed by atoms with Gasteiger partial charge in [-0.15, -0.1) is 0 Å². The van der Waals surface area contributed by atoms with Crippen molar-refractivity contribution >= 4 is 17.5 Å². The predicted octanol–water partition coefficient (Wildman–Crippen LogP) is 1.53. The molecule has 6 nitrogen and oxygen atoms in total. The van der Waals surface area contributed by atoms with E-state index in [4.69, 9.17) is 10.5 Å². The summed E-state index contributed by atoms with van der Waals surface area (Å²) in [6.45, 7) is 3.98. The Morgan fingerprint density at radius 3 is 2.48 bits per heavy atom. The van der Waals surface area contributed by atoms with Gasteiger partial charge >= 0.3 is 0 Å². The monoisotopic (exact) mass is 310 g/mol. The van der Waals surface area contributed by atoms with Crippen molar-refractivity contribution in [1.82, 2.24) is 4.90 Å². The number of aryl methyl sites for hydroxylation is 2. The Kier molecular flexibility index (Phi) is 4.98. The molecule has 0 N–H and O–H groups in total. The highest BCUT2D eigenvalue weighted by Gasteiger charge is 2.37. The minimum absolute atomic E-state index is 0.110. The lowest BCUT2D eigenvalue weighted by molar-refractivity contribution is -0.134. The first-order chi connectivity index (χ1) is 11.0. The lowest BCUT2D eigenvalue weighted by Gasteiger charge is -2.21. The van der Waals surface area contributed by atoms with Crippen molar-refractivity contribution in [2.75, 3.05) is 24.5 Å². The summed E-state index contributed by atoms with van der Waals surface area (Å²) in [5.41, 5.74) is 3.00. The van der Waals surface area contributed by atoms with Crippen molar-refractivity contribution in [3.63, 3.8) is 0 Å². The number of benzene rings is 1. The van der Waals surface area contributed by atoms with Crippen LogP contribution in [0.2, 0.25) is 0 Å². The molecule has 0 bridgehead atoms. The number of rotatable bonds is 4. The van der Waals surface area contributed by atoms with Crippen molar-refractivity contribution in [1.29, 1.82) is 10.5 Å². The Morgan fingerprint density at radius 2 is 1.91 bits per heavy atom. The molecule has 1 aromatic rings. The van der Waals surface area contributed by atoms with Gasteiger partial charge in [0.2, 0.25) is 11.8 Å². The summed E-state index contributed by atoms with van der Waals surface area (Å²) in [5, 5.41) is 17.5. The fourth-order valence-corrected chi connectivity index (χ4v) is 2.66. The molecule has 0 aliphatic carbocycles. The molecule has 0 saturated carbocycles. The molecule has 2 rings (SSSR count). The van der Waals surface area contributed by atoms with Crippen molar-refractivity contribution in [2.24, 2.45) is 5.92 Å². The second-order valence-electron chi connectivity index (χ2n) is 5.68. The van der Waals surface area contributed by atoms with Gasteiger partial charge in [-0.3, -0.25) is 9.59 Å². The molecule has 1 aromatic carbocycles. The molecule has 1 heterocycles. The zero-order chi connectivity index (χ0) is 17.0. The SMILES string of the molecule is Cc1ccc(N2C[C@H](C(=O)N(CC#N)CC#N)CC2=O)cc1C. The minimum atomic E-state index is -0.509. The van der Waals surface area contributed by atoms with E-state index >= 15 is 0 Å². The van der Waals surface area contributed by atoms with E-state index < -0.39 is 5.92 Å². The van der Waals surface area contributed by atoms with E-state index in [9.17, 15) is 9.59 Å². The molecular formula is C17H18N4O2. The van der Waals surface area contributed by atoms with Crippen LogP contribution in [0.5, 0.6) is 0 Å². The van der Waals surface area contributed by atoms with E-state index in [2.05, 4.69) is 0 Å². The van der Waals surface area contributed by atoms with Crippen LogP contribution in [0.1, 0.15) is 17.5 Å². The number of carbonyl (C=O) groups is 2. The molecule has 0 aromatic heterocycles. The molecule has 1 aliphatic heterocycles. The first-order valence-corrected chi connectivity index (χ1v) is 7.38. The Hall–Kier alpha value is -2.86. The molecular weight excluding hydrogens is 292 g/mol. The van der Waals surface area contributed by atoms with E-state index in [0.29, 0.717) is 0 Å². The number of anilines is 1. The molecule has 0 radical (unpaired) electrons. The highest BCUT2D eigenvalue weighted by atomic mass is 16.2. The van der Waals surface area contributed by atoms with Gasteiger partial charge in [0, 0.05) is 18.7 Å². The molecule has 118 valence electrons. The summed E-state index contributed by atoms with van der Waals surface area (Å²) >= 11 is 0. The van der Waals surface area contributed by atoms with Crippen LogP contribution in [-0.4, -0.2) is 36.3 Å². The van der Waals surface area contributed by atoms with Gasteiger partial charge in [-0.05, 0) is 37.1 Å². The Labute approximate surface area is 135 Å². The van der Waals surface area contributed by atoms with Gasteiger partial charge in [0.1, 0.15) is 13.1 Å². The Morgan fingerprint density at radius 1 is 1.26 bits per heavy atom. The third kappa shape index (κ3) is 3.49. The van der Waals surface area contributed by atoms with Crippen molar-refractivity contribution in [3.8, 4) is 12.1 Å². The highest BCUT2D eigenvalue weighted by Crippen LogP contribution is 2.27. The summed E-state index contributed by atoms with van der Waals surface area (Å²) in [5.74, 6) is -0.931. The smallest absolute Gasteiger partial charge is 0.229 e. The summed E-state index contributed by atoms with van der Waals surface area (Å²) in [4.78, 5) is 27.5. The Balaban J connectivity index is 2.16. The maximum Gasteiger partial charge on any atom is 0.229 e. The average Bonchev–Trinajstić information content (AvgIpc) is 2.91. The van der Waals surface area contributed by atoms with Gasteiger partial charge in [0.15, 0.2) is 0 Å². The number of nitriles is 2. The third-order valence-electron chi connectivity index (χ3n) is 4.11. The standard InChI is InChI=1S/C17H18N4O2/c1-12-3-4-15(9-13(12)2)21-11-14(10-16(21)22)17(23)20(7-5-18)8-6-19/h3-4,9,14H,7-8,10-11H2,1-2H3/t14-/m1/s1. The second kappa shape index (κ2) is 6.93. The normalized spacial score (nSPS) is 16.8. The summed E-state index contributed by atoms with van der Waals surface area (Å²) in [7, 11) is 0. The quantitative estimate of drug-likeness (QED) is 0.789. The van der Waals surface area contributed by atoms with Gasteiger partial charge in [0.25, 0.3) is 0 Å². The van der Waals surface area contributed by atoms with Crippen LogP contribution in [0.25, 0.3) is 0 Å². The molecule has 23 heavy (non-hydrogen) atoms. The van der Waals surface area contributed by atoms with Crippen LogP contribution in [0.4, 0.5) is 5.69 Å². The fourth-order valence-electron chi connectivity index (χ4n) is 2.66. The van der Waals surface area contributed by atoms with Crippen molar-refractivity contribution in [2.45, 2.75) is 20.3 Å². The van der Waals surface area contributed by atoms with Crippen molar-refractivity contribution in [3.05, 3.63) is 29.3 Å². The molecule has 0 spiro atoms. The van der Waals surface area contributed by atoms with Crippen LogP contribution < -0.4 is 4.90 Å².